The monoisotopic (exact) mass is 224 g/mol. The quantitative estimate of drug-likeness (QED) is 0.233. The molecule has 0 aromatic heterocycles. The van der Waals surface area contributed by atoms with E-state index in [1.165, 1.54) is 13.1 Å². The van der Waals surface area contributed by atoms with Crippen LogP contribution in [0.3, 0.4) is 0 Å². The van der Waals surface area contributed by atoms with Gasteiger partial charge in [-0.25, -0.2) is 0 Å². The molecule has 0 aliphatic carbocycles. The van der Waals surface area contributed by atoms with Gasteiger partial charge in [-0.15, -0.1) is 6.58 Å². The largest absolute Gasteiger partial charge is 0.365 e. The summed E-state index contributed by atoms with van der Waals surface area (Å²) in [6, 6.07) is 0. The van der Waals surface area contributed by atoms with Crippen LogP contribution < -0.4 is 0 Å². The van der Waals surface area contributed by atoms with Crippen molar-refractivity contribution in [2.24, 2.45) is 4.99 Å². The molecule has 0 unspecified atom stereocenters. The third-order valence-corrected chi connectivity index (χ3v) is 1.38. The van der Waals surface area contributed by atoms with Crippen molar-refractivity contribution in [1.82, 2.24) is 5.06 Å². The Labute approximate surface area is 86.7 Å². The Morgan fingerprint density at radius 2 is 2.38 bits per heavy atom. The van der Waals surface area contributed by atoms with Crippen LogP contribution in [0.4, 0.5) is 0 Å². The summed E-state index contributed by atoms with van der Waals surface area (Å²) in [5.41, 5.74) is 0. The van der Waals surface area contributed by atoms with Gasteiger partial charge < -0.3 is 4.84 Å². The molecule has 0 aromatic rings. The second-order valence-electron chi connectivity index (χ2n) is 1.96. The first-order chi connectivity index (χ1) is 6.13. The molecule has 13 heavy (non-hydrogen) atoms. The van der Waals surface area contributed by atoms with Gasteiger partial charge in [0, 0.05) is 7.05 Å². The van der Waals surface area contributed by atoms with Crippen molar-refractivity contribution in [3.05, 3.63) is 12.7 Å². The number of aliphatic imine (C=N–C) groups is 1. The van der Waals surface area contributed by atoms with Gasteiger partial charge in [0.05, 0.1) is 6.54 Å². The number of alkyl halides is 2. The second kappa shape index (κ2) is 6.74. The summed E-state index contributed by atoms with van der Waals surface area (Å²) in [5, 5.41) is 0.963. The van der Waals surface area contributed by atoms with Crippen molar-refractivity contribution in [2.75, 3.05) is 13.6 Å². The predicted molar refractivity (Wildman–Crippen MR) is 52.9 cm³/mol. The van der Waals surface area contributed by atoms with Gasteiger partial charge in [0.15, 0.2) is 4.84 Å². The summed E-state index contributed by atoms with van der Waals surface area (Å²) >= 11 is 10.7. The Morgan fingerprint density at radius 3 is 2.77 bits per heavy atom. The van der Waals surface area contributed by atoms with Crippen LogP contribution in [-0.4, -0.2) is 35.8 Å². The summed E-state index contributed by atoms with van der Waals surface area (Å²) in [4.78, 5) is 18.4. The van der Waals surface area contributed by atoms with Crippen molar-refractivity contribution < 1.29 is 9.63 Å². The Bertz CT molecular complexity index is 207. The lowest BCUT2D eigenvalue weighted by Crippen LogP contribution is -2.34. The third-order valence-electron chi connectivity index (χ3n) is 1.01. The molecule has 74 valence electrons. The lowest BCUT2D eigenvalue weighted by molar-refractivity contribution is -0.155. The highest BCUT2D eigenvalue weighted by molar-refractivity contribution is 6.53. The van der Waals surface area contributed by atoms with Crippen LogP contribution in [0.15, 0.2) is 17.6 Å². The molecule has 0 bridgehead atoms. The molecule has 0 aliphatic heterocycles. The Hall–Kier alpha value is -0.740. The second-order valence-corrected chi connectivity index (χ2v) is 3.05. The van der Waals surface area contributed by atoms with Gasteiger partial charge in [0.25, 0.3) is 5.91 Å². The van der Waals surface area contributed by atoms with E-state index in [2.05, 4.69) is 11.6 Å². The molecule has 0 saturated heterocycles. The van der Waals surface area contributed by atoms with Gasteiger partial charge in [0.1, 0.15) is 0 Å². The maximum atomic E-state index is 11.2. The maximum absolute atomic E-state index is 11.2. The topological polar surface area (TPSA) is 41.9 Å². The highest BCUT2D eigenvalue weighted by Crippen LogP contribution is 2.06. The first-order valence-corrected chi connectivity index (χ1v) is 4.28. The molecule has 4 nitrogen and oxygen atoms in total. The van der Waals surface area contributed by atoms with E-state index in [0.717, 1.165) is 11.5 Å². The lowest BCUT2D eigenvalue weighted by atomic mass is 10.5. The first kappa shape index (κ1) is 12.3. The van der Waals surface area contributed by atoms with Crippen molar-refractivity contribution in [3.8, 4) is 0 Å². The smallest absolute Gasteiger partial charge is 0.288 e. The van der Waals surface area contributed by atoms with Crippen molar-refractivity contribution in [2.45, 2.75) is 4.84 Å². The summed E-state index contributed by atoms with van der Waals surface area (Å²) < 4.78 is 0. The van der Waals surface area contributed by atoms with Gasteiger partial charge in [-0.2, -0.15) is 5.06 Å². The molecule has 0 saturated carbocycles. The zero-order valence-electron chi connectivity index (χ0n) is 7.11. The Morgan fingerprint density at radius 1 is 1.77 bits per heavy atom. The van der Waals surface area contributed by atoms with Crippen LogP contribution in [0.5, 0.6) is 0 Å². The van der Waals surface area contributed by atoms with Crippen LogP contribution in [0.25, 0.3) is 0 Å². The van der Waals surface area contributed by atoms with Crippen LogP contribution in [0.1, 0.15) is 0 Å². The zero-order chi connectivity index (χ0) is 10.3. The van der Waals surface area contributed by atoms with Crippen LogP contribution in [0, 0.1) is 0 Å². The summed E-state index contributed by atoms with van der Waals surface area (Å²) in [5.74, 6) is -0.553. The van der Waals surface area contributed by atoms with Gasteiger partial charge in [-0.3, -0.25) is 9.79 Å². The third kappa shape index (κ3) is 4.75. The average molecular weight is 225 g/mol. The molecule has 0 spiro atoms. The molecule has 0 N–H and O–H groups in total. The minimum absolute atomic E-state index is 0.195. The molecular weight excluding hydrogens is 215 g/mol. The maximum Gasteiger partial charge on any atom is 0.288 e. The van der Waals surface area contributed by atoms with E-state index in [0.29, 0.717) is 0 Å². The van der Waals surface area contributed by atoms with E-state index in [-0.39, 0.29) is 6.54 Å². The number of hydrogen-bond acceptors (Lipinski definition) is 3. The van der Waals surface area contributed by atoms with Crippen LogP contribution >= 0.6 is 23.2 Å². The van der Waals surface area contributed by atoms with E-state index in [1.54, 1.807) is 0 Å². The molecule has 0 heterocycles. The molecular formula is C7H10Cl2N2O2. The number of halogens is 2. The molecule has 0 aromatic carbocycles. The van der Waals surface area contributed by atoms with Gasteiger partial charge >= 0.3 is 0 Å². The normalized spacial score (nSPS) is 10.5. The number of hydroxylamine groups is 2. The van der Waals surface area contributed by atoms with Crippen molar-refractivity contribution in [3.63, 3.8) is 0 Å². The minimum atomic E-state index is -1.15. The number of nitrogens with zero attached hydrogens (tertiary/aromatic N) is 2. The van der Waals surface area contributed by atoms with Gasteiger partial charge in [0.2, 0.25) is 6.40 Å². The zero-order valence-corrected chi connectivity index (χ0v) is 8.62. The van der Waals surface area contributed by atoms with Gasteiger partial charge in [-0.05, 0) is 0 Å². The molecule has 0 rings (SSSR count). The fraction of sp³-hybridized carbons (Fsp3) is 0.429. The van der Waals surface area contributed by atoms with Crippen LogP contribution in [0.2, 0.25) is 0 Å². The SMILES string of the molecule is C=CCN(OC=NC)C(=O)C(Cl)Cl. The highest BCUT2D eigenvalue weighted by Gasteiger charge is 2.19. The minimum Gasteiger partial charge on any atom is -0.365 e. The Kier molecular flexibility index (Phi) is 6.36. The summed E-state index contributed by atoms with van der Waals surface area (Å²) in [7, 11) is 1.51. The number of carbonyl (C=O) groups is 1. The predicted octanol–water partition coefficient (Wildman–Crippen LogP) is 1.39. The summed E-state index contributed by atoms with van der Waals surface area (Å²) in [6.07, 6.45) is 2.59. The summed E-state index contributed by atoms with van der Waals surface area (Å²) in [6.45, 7) is 3.64. The average Bonchev–Trinajstić information content (AvgIpc) is 2.11. The number of hydrogen-bond donors (Lipinski definition) is 0. The van der Waals surface area contributed by atoms with Crippen molar-refractivity contribution in [1.29, 1.82) is 0 Å². The van der Waals surface area contributed by atoms with Crippen molar-refractivity contribution >= 4 is 35.5 Å². The molecule has 0 aliphatic rings. The Balaban J connectivity index is 4.22. The molecule has 0 atom stereocenters. The molecule has 6 heteroatoms. The van der Waals surface area contributed by atoms with E-state index < -0.39 is 10.7 Å². The number of carbonyl (C=O) groups excluding carboxylic acids is 1. The van der Waals surface area contributed by atoms with E-state index in [1.807, 2.05) is 0 Å². The lowest BCUT2D eigenvalue weighted by Gasteiger charge is -2.18. The first-order valence-electron chi connectivity index (χ1n) is 3.41. The van der Waals surface area contributed by atoms with E-state index in [9.17, 15) is 4.79 Å². The van der Waals surface area contributed by atoms with E-state index >= 15 is 0 Å². The van der Waals surface area contributed by atoms with Gasteiger partial charge in [-0.1, -0.05) is 29.3 Å². The van der Waals surface area contributed by atoms with E-state index in [4.69, 9.17) is 28.0 Å². The number of rotatable bonds is 5. The molecule has 0 radical (unpaired) electrons. The number of amides is 1. The van der Waals surface area contributed by atoms with Crippen LogP contribution in [-0.2, 0) is 9.63 Å². The highest BCUT2D eigenvalue weighted by atomic mass is 35.5. The standard InChI is InChI=1S/C7H10Cl2N2O2/c1-3-4-11(13-5-10-2)7(12)6(8)9/h3,5-6H,1,4H2,2H3. The molecule has 0 fully saturated rings. The fourth-order valence-corrected chi connectivity index (χ4v) is 0.733. The molecule has 1 amide bonds. The fourth-order valence-electron chi connectivity index (χ4n) is 0.515.